The van der Waals surface area contributed by atoms with Crippen molar-refractivity contribution in [2.45, 2.75) is 13.3 Å². The van der Waals surface area contributed by atoms with Gasteiger partial charge in [0.1, 0.15) is 0 Å². The van der Waals surface area contributed by atoms with Crippen LogP contribution in [-0.4, -0.2) is 43.0 Å². The molecule has 0 bridgehead atoms. The van der Waals surface area contributed by atoms with E-state index < -0.39 is 0 Å². The number of carbonyl (C=O) groups is 1. The molecule has 0 unspecified atom stereocenters. The zero-order valence-electron chi connectivity index (χ0n) is 11.4. The molecule has 18 heavy (non-hydrogen) atoms. The molecule has 0 saturated carbocycles. The van der Waals surface area contributed by atoms with Gasteiger partial charge in [0.05, 0.1) is 0 Å². The Bertz CT molecular complexity index is 363. The molecule has 1 aromatic carbocycles. The summed E-state index contributed by atoms with van der Waals surface area (Å²) in [6, 6.07) is 7.88. The lowest BCUT2D eigenvalue weighted by molar-refractivity contribution is -0.115. The molecule has 0 aliphatic rings. The first-order chi connectivity index (χ1) is 8.58. The maximum absolute atomic E-state index is 11.7. The van der Waals surface area contributed by atoms with Crippen molar-refractivity contribution in [3.63, 3.8) is 0 Å². The molecule has 0 heterocycles. The Kier molecular flexibility index (Phi) is 6.83. The molecular weight excluding hydrogens is 244 g/mol. The lowest BCUT2D eigenvalue weighted by Crippen LogP contribution is -2.16. The fourth-order valence-electron chi connectivity index (χ4n) is 1.37. The number of hydrogen-bond acceptors (Lipinski definition) is 3. The summed E-state index contributed by atoms with van der Waals surface area (Å²) >= 11 is 1.82. The maximum Gasteiger partial charge on any atom is 0.225 e. The minimum atomic E-state index is 0.0937. The maximum atomic E-state index is 11.7. The Morgan fingerprint density at radius 2 is 1.89 bits per heavy atom. The largest absolute Gasteiger partial charge is 0.326 e. The SMILES string of the molecule is Cc1ccc(NC(=O)CCSCCN(C)C)cc1. The van der Waals surface area contributed by atoms with Crippen LogP contribution in [0.1, 0.15) is 12.0 Å². The van der Waals surface area contributed by atoms with Crippen LogP contribution in [0.4, 0.5) is 5.69 Å². The van der Waals surface area contributed by atoms with Gasteiger partial charge in [0, 0.05) is 30.2 Å². The van der Waals surface area contributed by atoms with E-state index in [2.05, 4.69) is 24.3 Å². The summed E-state index contributed by atoms with van der Waals surface area (Å²) in [6.07, 6.45) is 0.575. The number of nitrogens with zero attached hydrogens (tertiary/aromatic N) is 1. The van der Waals surface area contributed by atoms with Crippen molar-refractivity contribution in [1.82, 2.24) is 4.90 Å². The first-order valence-electron chi connectivity index (χ1n) is 6.17. The van der Waals surface area contributed by atoms with E-state index >= 15 is 0 Å². The molecule has 4 heteroatoms. The molecule has 0 aliphatic carbocycles. The van der Waals surface area contributed by atoms with Crippen LogP contribution >= 0.6 is 11.8 Å². The predicted molar refractivity (Wildman–Crippen MR) is 80.3 cm³/mol. The van der Waals surface area contributed by atoms with Crippen LogP contribution in [0.15, 0.2) is 24.3 Å². The minimum Gasteiger partial charge on any atom is -0.326 e. The highest BCUT2D eigenvalue weighted by atomic mass is 32.2. The second kappa shape index (κ2) is 8.16. The standard InChI is InChI=1S/C14H22N2OS/c1-12-4-6-13(7-5-12)15-14(17)8-10-18-11-9-16(2)3/h4-7H,8-11H2,1-3H3,(H,15,17). The van der Waals surface area contributed by atoms with Crippen LogP contribution in [0.5, 0.6) is 0 Å². The highest BCUT2D eigenvalue weighted by Crippen LogP contribution is 2.10. The van der Waals surface area contributed by atoms with E-state index in [0.29, 0.717) is 6.42 Å². The van der Waals surface area contributed by atoms with Crippen molar-refractivity contribution < 1.29 is 4.79 Å². The Morgan fingerprint density at radius 3 is 2.50 bits per heavy atom. The summed E-state index contributed by atoms with van der Waals surface area (Å²) < 4.78 is 0. The number of aryl methyl sites for hydroxylation is 1. The van der Waals surface area contributed by atoms with E-state index in [1.54, 1.807) is 0 Å². The Morgan fingerprint density at radius 1 is 1.22 bits per heavy atom. The smallest absolute Gasteiger partial charge is 0.225 e. The average Bonchev–Trinajstić information content (AvgIpc) is 2.31. The second-order valence-electron chi connectivity index (χ2n) is 4.58. The molecule has 3 nitrogen and oxygen atoms in total. The monoisotopic (exact) mass is 266 g/mol. The molecule has 0 saturated heterocycles. The molecule has 0 spiro atoms. The van der Waals surface area contributed by atoms with E-state index in [1.807, 2.05) is 43.0 Å². The molecule has 100 valence electrons. The summed E-state index contributed by atoms with van der Waals surface area (Å²) in [7, 11) is 4.12. The number of nitrogens with one attached hydrogen (secondary N) is 1. The molecule has 1 amide bonds. The van der Waals surface area contributed by atoms with Crippen molar-refractivity contribution in [2.24, 2.45) is 0 Å². The highest BCUT2D eigenvalue weighted by Gasteiger charge is 2.02. The summed E-state index contributed by atoms with van der Waals surface area (Å²) in [6.45, 7) is 3.09. The third-order valence-corrected chi connectivity index (χ3v) is 3.46. The van der Waals surface area contributed by atoms with Gasteiger partial charge in [-0.3, -0.25) is 4.79 Å². The number of thioether (sulfide) groups is 1. The van der Waals surface area contributed by atoms with Gasteiger partial charge in [-0.05, 0) is 33.2 Å². The number of amides is 1. The lowest BCUT2D eigenvalue weighted by Gasteiger charge is -2.08. The molecule has 0 aliphatic heterocycles. The molecule has 0 aromatic heterocycles. The van der Waals surface area contributed by atoms with Crippen molar-refractivity contribution in [3.8, 4) is 0 Å². The summed E-state index contributed by atoms with van der Waals surface area (Å²) in [5, 5.41) is 2.91. The van der Waals surface area contributed by atoms with Crippen molar-refractivity contribution in [2.75, 3.05) is 37.5 Å². The van der Waals surface area contributed by atoms with E-state index in [-0.39, 0.29) is 5.91 Å². The van der Waals surface area contributed by atoms with Crippen LogP contribution in [0.2, 0.25) is 0 Å². The van der Waals surface area contributed by atoms with E-state index in [4.69, 9.17) is 0 Å². The Hall–Kier alpha value is -1.00. The second-order valence-corrected chi connectivity index (χ2v) is 5.80. The zero-order valence-corrected chi connectivity index (χ0v) is 12.2. The van der Waals surface area contributed by atoms with Crippen molar-refractivity contribution in [3.05, 3.63) is 29.8 Å². The number of anilines is 1. The topological polar surface area (TPSA) is 32.3 Å². The lowest BCUT2D eigenvalue weighted by atomic mass is 10.2. The molecule has 0 atom stereocenters. The third kappa shape index (κ3) is 6.67. The molecule has 1 rings (SSSR count). The summed E-state index contributed by atoms with van der Waals surface area (Å²) in [5.74, 6) is 2.05. The normalized spacial score (nSPS) is 10.7. The number of benzene rings is 1. The molecule has 0 fully saturated rings. The molecule has 0 radical (unpaired) electrons. The molecule has 1 N–H and O–H groups in total. The van der Waals surface area contributed by atoms with Crippen LogP contribution in [0.3, 0.4) is 0 Å². The first kappa shape index (κ1) is 15.1. The average molecular weight is 266 g/mol. The van der Waals surface area contributed by atoms with Gasteiger partial charge in [0.15, 0.2) is 0 Å². The van der Waals surface area contributed by atoms with Crippen LogP contribution in [-0.2, 0) is 4.79 Å². The van der Waals surface area contributed by atoms with Gasteiger partial charge >= 0.3 is 0 Å². The Balaban J connectivity index is 2.16. The number of hydrogen-bond donors (Lipinski definition) is 1. The van der Waals surface area contributed by atoms with Gasteiger partial charge in [-0.15, -0.1) is 0 Å². The van der Waals surface area contributed by atoms with Gasteiger partial charge in [-0.25, -0.2) is 0 Å². The fourth-order valence-corrected chi connectivity index (χ4v) is 2.40. The minimum absolute atomic E-state index is 0.0937. The van der Waals surface area contributed by atoms with Gasteiger partial charge in [0.25, 0.3) is 0 Å². The van der Waals surface area contributed by atoms with E-state index in [9.17, 15) is 4.79 Å². The van der Waals surface area contributed by atoms with Gasteiger partial charge in [-0.2, -0.15) is 11.8 Å². The summed E-state index contributed by atoms with van der Waals surface area (Å²) in [4.78, 5) is 13.8. The number of carbonyl (C=O) groups excluding carboxylic acids is 1. The van der Waals surface area contributed by atoms with Gasteiger partial charge < -0.3 is 10.2 Å². The summed E-state index contributed by atoms with van der Waals surface area (Å²) in [5.41, 5.74) is 2.08. The third-order valence-electron chi connectivity index (χ3n) is 2.49. The van der Waals surface area contributed by atoms with Crippen LogP contribution in [0, 0.1) is 6.92 Å². The van der Waals surface area contributed by atoms with Crippen molar-refractivity contribution in [1.29, 1.82) is 0 Å². The van der Waals surface area contributed by atoms with E-state index in [0.717, 1.165) is 23.7 Å². The highest BCUT2D eigenvalue weighted by molar-refractivity contribution is 7.99. The van der Waals surface area contributed by atoms with Crippen LogP contribution < -0.4 is 5.32 Å². The number of rotatable bonds is 7. The first-order valence-corrected chi connectivity index (χ1v) is 7.32. The Labute approximate surface area is 114 Å². The molecular formula is C14H22N2OS. The van der Waals surface area contributed by atoms with Gasteiger partial charge in [0.2, 0.25) is 5.91 Å². The van der Waals surface area contributed by atoms with E-state index in [1.165, 1.54) is 5.56 Å². The molecule has 1 aromatic rings. The van der Waals surface area contributed by atoms with Crippen molar-refractivity contribution >= 4 is 23.4 Å². The van der Waals surface area contributed by atoms with Crippen LogP contribution in [0.25, 0.3) is 0 Å². The fraction of sp³-hybridized carbons (Fsp3) is 0.500. The zero-order chi connectivity index (χ0) is 13.4. The predicted octanol–water partition coefficient (Wildman–Crippen LogP) is 2.62. The van der Waals surface area contributed by atoms with Gasteiger partial charge in [-0.1, -0.05) is 17.7 Å². The quantitative estimate of drug-likeness (QED) is 0.770.